The van der Waals surface area contributed by atoms with Crippen molar-refractivity contribution in [2.24, 2.45) is 17.8 Å². The quantitative estimate of drug-likeness (QED) is 0.0389. The van der Waals surface area contributed by atoms with Gasteiger partial charge < -0.3 is 38.0 Å². The zero-order valence-electron chi connectivity index (χ0n) is 43.8. The molecule has 398 valence electrons. The first-order chi connectivity index (χ1) is 31.7. The number of carbonyl (C=O) groups excluding carboxylic acids is 4. The van der Waals surface area contributed by atoms with Gasteiger partial charge in [-0.2, -0.15) is 13.2 Å². The Morgan fingerprint density at radius 3 is 1.99 bits per heavy atom. The van der Waals surface area contributed by atoms with E-state index in [1.165, 1.54) is 53.2 Å². The first-order valence-electron chi connectivity index (χ1n) is 23.8. The van der Waals surface area contributed by atoms with Crippen molar-refractivity contribution in [3.05, 3.63) is 60.2 Å². The van der Waals surface area contributed by atoms with E-state index in [9.17, 15) is 41.1 Å². The molecule has 20 heteroatoms. The second-order valence-electron chi connectivity index (χ2n) is 22.4. The van der Waals surface area contributed by atoms with E-state index in [4.69, 9.17) is 32.8 Å². The van der Waals surface area contributed by atoms with E-state index in [1.54, 1.807) is 19.2 Å². The van der Waals surface area contributed by atoms with Crippen LogP contribution in [0.2, 0.25) is 18.1 Å². The molecule has 2 N–H and O–H groups in total. The number of allylic oxidation sites excluding steroid dienone is 1. The van der Waals surface area contributed by atoms with Crippen molar-refractivity contribution in [3.8, 4) is 0 Å². The van der Waals surface area contributed by atoms with Crippen LogP contribution in [0.1, 0.15) is 128 Å². The molecular formula is C50H78F3NO14SSi. The van der Waals surface area contributed by atoms with Gasteiger partial charge in [0, 0.05) is 31.9 Å². The Labute approximate surface area is 414 Å². The number of ether oxygens (including phenoxy) is 6. The summed E-state index contributed by atoms with van der Waals surface area (Å²) in [5.41, 5.74) is -14.7. The van der Waals surface area contributed by atoms with Crippen molar-refractivity contribution in [2.75, 3.05) is 6.54 Å². The number of esters is 4. The second-order valence-corrected chi connectivity index (χ2v) is 28.9. The standard InChI is InChI=1S/C50H78F3NO14SSi/c1-18-31(2)28-32(3)24-25-38(56)63-41-40(67-70(16,17)46(13,14)15)47(27-26-33(4)39(62-35(6)55)34(5)29-36-22-20-19-21-23-36)64-37(30-54-69(60,61)50(51,52)53)48(59,42(57)65-44(7,8)9)49(41,68-47)43(58)66-45(10,11)12/h19-25,31-32,34,37,39-41,54,59H,4,18,26-30H2,1-3,5-17H3/b25-24+/t31-,32+,34+,37+,39+,40+,41+,47-,48+,49-/m0/s1. The molecule has 1 aromatic rings. The summed E-state index contributed by atoms with van der Waals surface area (Å²) in [5, 5.41) is 12.7. The largest absolute Gasteiger partial charge is 0.511 e. The number of aliphatic hydroxyl groups is 1. The Bertz CT molecular complexity index is 2170. The molecular weight excluding hydrogens is 956 g/mol. The summed E-state index contributed by atoms with van der Waals surface area (Å²) in [6.07, 6.45) is -3.63. The van der Waals surface area contributed by atoms with Crippen molar-refractivity contribution in [3.63, 3.8) is 0 Å². The Morgan fingerprint density at radius 1 is 0.929 bits per heavy atom. The highest BCUT2D eigenvalue weighted by Gasteiger charge is 2.86. The number of nitrogens with one attached hydrogen (secondary N) is 1. The zero-order valence-corrected chi connectivity index (χ0v) is 45.6. The van der Waals surface area contributed by atoms with E-state index < -0.39 is 124 Å². The Morgan fingerprint density at radius 2 is 1.49 bits per heavy atom. The maximum Gasteiger partial charge on any atom is 0.511 e. The second kappa shape index (κ2) is 22.2. The average Bonchev–Trinajstić information content (AvgIpc) is 3.43. The van der Waals surface area contributed by atoms with Crippen molar-refractivity contribution in [1.82, 2.24) is 4.72 Å². The van der Waals surface area contributed by atoms with Crippen molar-refractivity contribution >= 4 is 42.2 Å². The fourth-order valence-corrected chi connectivity index (χ4v) is 10.1. The molecule has 0 saturated carbocycles. The lowest BCUT2D eigenvalue weighted by molar-refractivity contribution is -0.380. The number of alkyl halides is 3. The van der Waals surface area contributed by atoms with E-state index in [1.807, 2.05) is 78.8 Å². The average molecular weight is 1030 g/mol. The van der Waals surface area contributed by atoms with Crippen LogP contribution in [0.25, 0.3) is 0 Å². The van der Waals surface area contributed by atoms with Gasteiger partial charge in [-0.05, 0) is 102 Å². The van der Waals surface area contributed by atoms with Crippen LogP contribution >= 0.6 is 0 Å². The maximum absolute atomic E-state index is 15.5. The molecule has 0 aromatic heterocycles. The van der Waals surface area contributed by atoms with Crippen LogP contribution in [-0.2, 0) is 68.5 Å². The molecule has 2 heterocycles. The predicted octanol–water partition coefficient (Wildman–Crippen LogP) is 8.78. The highest BCUT2D eigenvalue weighted by atomic mass is 32.2. The summed E-state index contributed by atoms with van der Waals surface area (Å²) < 4.78 is 113. The Balaban J connectivity index is 2.54. The maximum atomic E-state index is 15.5. The van der Waals surface area contributed by atoms with Gasteiger partial charge in [0.2, 0.25) is 11.2 Å². The number of carbonyl (C=O) groups is 4. The van der Waals surface area contributed by atoms with Gasteiger partial charge in [-0.3, -0.25) is 4.79 Å². The summed E-state index contributed by atoms with van der Waals surface area (Å²) in [6, 6.07) is 9.34. The van der Waals surface area contributed by atoms with Gasteiger partial charge in [-0.25, -0.2) is 27.5 Å². The molecule has 70 heavy (non-hydrogen) atoms. The molecule has 2 fully saturated rings. The van der Waals surface area contributed by atoms with Gasteiger partial charge in [0.1, 0.15) is 29.5 Å². The van der Waals surface area contributed by atoms with Crippen LogP contribution in [0.3, 0.4) is 0 Å². The van der Waals surface area contributed by atoms with Crippen LogP contribution in [0, 0.1) is 17.8 Å². The molecule has 0 aliphatic carbocycles. The minimum atomic E-state index is -6.25. The first kappa shape index (κ1) is 60.6. The summed E-state index contributed by atoms with van der Waals surface area (Å²) in [7, 11) is -9.53. The summed E-state index contributed by atoms with van der Waals surface area (Å²) in [6.45, 7) is 29.5. The molecule has 2 saturated heterocycles. The van der Waals surface area contributed by atoms with Crippen LogP contribution in [-0.4, -0.2) is 110 Å². The van der Waals surface area contributed by atoms with Crippen LogP contribution in [0.4, 0.5) is 13.2 Å². The molecule has 1 aromatic carbocycles. The van der Waals surface area contributed by atoms with E-state index in [2.05, 4.69) is 6.58 Å². The molecule has 2 aliphatic heterocycles. The first-order valence-corrected chi connectivity index (χ1v) is 28.2. The number of halogens is 3. The lowest BCUT2D eigenvalue weighted by atomic mass is 9.74. The summed E-state index contributed by atoms with van der Waals surface area (Å²) in [5.74, 6) is -7.84. The third-order valence-corrected chi connectivity index (χ3v) is 18.5. The molecule has 2 aliphatic rings. The van der Waals surface area contributed by atoms with Crippen molar-refractivity contribution < 1.29 is 78.7 Å². The van der Waals surface area contributed by atoms with Gasteiger partial charge in [0.05, 0.1) is 0 Å². The number of hydrogen-bond donors (Lipinski definition) is 2. The van der Waals surface area contributed by atoms with Crippen molar-refractivity contribution in [2.45, 2.75) is 205 Å². The van der Waals surface area contributed by atoms with Gasteiger partial charge in [-0.1, -0.05) is 97.9 Å². The lowest BCUT2D eigenvalue weighted by Crippen LogP contribution is -2.79. The Kier molecular flexibility index (Phi) is 19.2. The number of sulfonamides is 1. The third-order valence-electron chi connectivity index (χ3n) is 12.9. The SMILES string of the molecule is C=C(CC[C@]12O[C@H](CNS(=O)(=O)C(F)(F)F)[C@@](O)(C(=O)OC(C)(C)C)[C@](C(=O)OC(C)(C)C)(O1)[C@H](OC(=O)/C=C/[C@@H](C)C[C@@H](C)CC)[C@H]2O[Si](C)(C)C(C)(C)C)[C@@H](OC(C)=O)[C@H](C)Cc1ccccc1. The van der Waals surface area contributed by atoms with E-state index in [0.29, 0.717) is 12.8 Å². The molecule has 0 spiro atoms. The van der Waals surface area contributed by atoms with Crippen LogP contribution in [0.15, 0.2) is 54.6 Å². The number of benzene rings is 1. The third kappa shape index (κ3) is 14.3. The van der Waals surface area contributed by atoms with Crippen molar-refractivity contribution in [1.29, 1.82) is 0 Å². The topological polar surface area (TPSA) is 199 Å². The van der Waals surface area contributed by atoms with Gasteiger partial charge in [-0.15, -0.1) is 0 Å². The van der Waals surface area contributed by atoms with Crippen LogP contribution < -0.4 is 4.72 Å². The molecule has 15 nitrogen and oxygen atoms in total. The number of fused-ring (bicyclic) bond motifs is 2. The minimum absolute atomic E-state index is 0.166. The van der Waals surface area contributed by atoms with E-state index in [0.717, 1.165) is 18.1 Å². The smallest absolute Gasteiger partial charge is 0.458 e. The molecule has 0 amide bonds. The fraction of sp³-hybridized carbons (Fsp3) is 0.720. The Hall–Kier alpha value is -3.66. The molecule has 0 radical (unpaired) electrons. The lowest BCUT2D eigenvalue weighted by Gasteiger charge is -2.52. The van der Waals surface area contributed by atoms with E-state index in [-0.39, 0.29) is 23.8 Å². The van der Waals surface area contributed by atoms with Gasteiger partial charge in [0.15, 0.2) is 20.2 Å². The normalized spacial score (nSPS) is 26.2. The molecule has 2 bridgehead atoms. The highest BCUT2D eigenvalue weighted by molar-refractivity contribution is 7.90. The van der Waals surface area contributed by atoms with Gasteiger partial charge >= 0.3 is 39.4 Å². The van der Waals surface area contributed by atoms with Crippen LogP contribution in [0.5, 0.6) is 0 Å². The summed E-state index contributed by atoms with van der Waals surface area (Å²) >= 11 is 0. The number of hydrogen-bond acceptors (Lipinski definition) is 14. The fourth-order valence-electron chi connectivity index (χ4n) is 8.23. The monoisotopic (exact) mass is 1030 g/mol. The minimum Gasteiger partial charge on any atom is -0.458 e. The number of rotatable bonds is 21. The molecule has 3 rings (SSSR count). The highest BCUT2D eigenvalue weighted by Crippen LogP contribution is 2.59. The molecule has 0 unspecified atom stereocenters. The summed E-state index contributed by atoms with van der Waals surface area (Å²) in [4.78, 5) is 57.4. The van der Waals surface area contributed by atoms with E-state index >= 15 is 4.79 Å². The predicted molar refractivity (Wildman–Crippen MR) is 259 cm³/mol. The molecule has 10 atom stereocenters. The van der Waals surface area contributed by atoms with Gasteiger partial charge in [0.25, 0.3) is 0 Å². The zero-order chi connectivity index (χ0) is 53.9.